The van der Waals surface area contributed by atoms with Crippen LogP contribution < -0.4 is 4.90 Å². The fourth-order valence-electron chi connectivity index (χ4n) is 2.13. The molecular formula is C14H13N. The summed E-state index contributed by atoms with van der Waals surface area (Å²) in [5.74, 6) is 0. The normalized spacial score (nSPS) is 15.5. The van der Waals surface area contributed by atoms with E-state index >= 15 is 0 Å². The van der Waals surface area contributed by atoms with Crippen LogP contribution in [0.15, 0.2) is 48.5 Å². The summed E-state index contributed by atoms with van der Waals surface area (Å²) in [7, 11) is 2.06. The van der Waals surface area contributed by atoms with Gasteiger partial charge >= 0.3 is 0 Å². The highest BCUT2D eigenvalue weighted by Gasteiger charge is 2.17. The van der Waals surface area contributed by atoms with Crippen molar-refractivity contribution in [1.82, 2.24) is 0 Å². The van der Waals surface area contributed by atoms with E-state index in [9.17, 15) is 0 Å². The van der Waals surface area contributed by atoms with Crippen molar-refractivity contribution in [3.63, 3.8) is 0 Å². The zero-order valence-corrected chi connectivity index (χ0v) is 8.64. The van der Waals surface area contributed by atoms with Crippen LogP contribution in [0.3, 0.4) is 0 Å². The Bertz CT molecular complexity index is 440. The summed E-state index contributed by atoms with van der Waals surface area (Å²) in [6, 6.07) is 16.3. The molecule has 0 N–H and O–H groups in total. The Kier molecular flexibility index (Phi) is 1.57. The molecule has 0 aromatic heterocycles. The van der Waals surface area contributed by atoms with Crippen LogP contribution in [0.5, 0.6) is 0 Å². The highest BCUT2D eigenvalue weighted by molar-refractivity contribution is 5.73. The van der Waals surface area contributed by atoms with Gasteiger partial charge in [-0.25, -0.2) is 0 Å². The van der Waals surface area contributed by atoms with Gasteiger partial charge in [-0.3, -0.25) is 0 Å². The van der Waals surface area contributed by atoms with E-state index in [-0.39, 0.29) is 6.40 Å². The third-order valence-corrected chi connectivity index (χ3v) is 2.91. The summed E-state index contributed by atoms with van der Waals surface area (Å²) >= 11 is 0. The Balaban J connectivity index is 2.26. The minimum Gasteiger partial charge on any atom is -0.344 e. The second-order valence-corrected chi connectivity index (χ2v) is 3.82. The van der Waals surface area contributed by atoms with Crippen molar-refractivity contribution in [1.29, 1.82) is 0 Å². The minimum atomic E-state index is -0.261. The summed E-state index contributed by atoms with van der Waals surface area (Å²) < 4.78 is 8.30. The predicted molar refractivity (Wildman–Crippen MR) is 63.8 cm³/mol. The Hall–Kier alpha value is -1.76. The third-order valence-electron chi connectivity index (χ3n) is 2.91. The molecule has 0 amide bonds. The number of benzene rings is 2. The molecule has 15 heavy (non-hydrogen) atoms. The molecule has 1 aliphatic heterocycles. The fraction of sp³-hybridized carbons (Fsp3) is 0.143. The van der Waals surface area contributed by atoms with E-state index in [1.54, 1.807) is 0 Å². The summed E-state index contributed by atoms with van der Waals surface area (Å²) in [4.78, 5) is 2.16. The van der Waals surface area contributed by atoms with Crippen molar-refractivity contribution in [2.75, 3.05) is 11.9 Å². The van der Waals surface area contributed by atoms with Gasteiger partial charge in [-0.05, 0) is 23.3 Å². The first-order valence-corrected chi connectivity index (χ1v) is 5.13. The number of fused-ring (bicyclic) bond motifs is 2. The first-order valence-electron chi connectivity index (χ1n) is 5.70. The van der Waals surface area contributed by atoms with Crippen LogP contribution in [0.4, 0.5) is 11.4 Å². The van der Waals surface area contributed by atoms with Gasteiger partial charge in [-0.2, -0.15) is 0 Å². The molecule has 2 aromatic carbocycles. The Morgan fingerprint density at radius 2 is 1.40 bits per heavy atom. The Morgan fingerprint density at radius 1 is 0.933 bits per heavy atom. The van der Waals surface area contributed by atoms with Crippen molar-refractivity contribution < 1.29 is 1.37 Å². The van der Waals surface area contributed by atoms with Crippen molar-refractivity contribution in [2.24, 2.45) is 0 Å². The maximum Gasteiger partial charge on any atom is 0.0444 e. The molecule has 1 aliphatic rings. The molecule has 0 bridgehead atoms. The van der Waals surface area contributed by atoms with Crippen molar-refractivity contribution >= 4 is 11.4 Å². The number of anilines is 2. The van der Waals surface area contributed by atoms with Crippen LogP contribution in [0.25, 0.3) is 0 Å². The maximum atomic E-state index is 8.30. The largest absolute Gasteiger partial charge is 0.344 e. The molecular weight excluding hydrogens is 182 g/mol. The van der Waals surface area contributed by atoms with Crippen LogP contribution in [0, 0.1) is 0 Å². The predicted octanol–water partition coefficient (Wildman–Crippen LogP) is 3.36. The minimum absolute atomic E-state index is 0.261. The average Bonchev–Trinajstić information content (AvgIpc) is 2.36. The van der Waals surface area contributed by atoms with Crippen LogP contribution in [0.2, 0.25) is 0 Å². The highest BCUT2D eigenvalue weighted by Crippen LogP contribution is 2.36. The monoisotopic (exact) mass is 196 g/mol. The second-order valence-electron chi connectivity index (χ2n) is 3.82. The molecule has 0 spiro atoms. The summed E-state index contributed by atoms with van der Waals surface area (Å²) in [6.45, 7) is 0. The lowest BCUT2D eigenvalue weighted by atomic mass is 9.96. The van der Waals surface area contributed by atoms with Gasteiger partial charge in [0.05, 0.1) is 0 Å². The van der Waals surface area contributed by atoms with E-state index in [0.717, 1.165) is 22.5 Å². The molecule has 0 saturated carbocycles. The van der Waals surface area contributed by atoms with Gasteiger partial charge in [0.2, 0.25) is 0 Å². The topological polar surface area (TPSA) is 3.24 Å². The molecule has 1 heterocycles. The van der Waals surface area contributed by atoms with E-state index in [0.29, 0.717) is 0 Å². The number of nitrogens with zero attached hydrogens (tertiary/aromatic N) is 1. The van der Waals surface area contributed by atoms with Crippen molar-refractivity contribution in [3.8, 4) is 0 Å². The summed E-state index contributed by atoms with van der Waals surface area (Å²) in [6.07, 6.45) is -0.261. The molecule has 1 nitrogen and oxygen atoms in total. The lowest BCUT2D eigenvalue weighted by Gasteiger charge is -2.29. The second kappa shape index (κ2) is 3.13. The maximum absolute atomic E-state index is 8.30. The first-order chi connectivity index (χ1) is 7.79. The molecule has 3 rings (SSSR count). The third kappa shape index (κ3) is 1.23. The molecule has 0 aliphatic carbocycles. The van der Waals surface area contributed by atoms with E-state index in [2.05, 4.69) is 24.1 Å². The van der Waals surface area contributed by atoms with Crippen LogP contribution in [-0.2, 0) is 6.40 Å². The number of hydrogen-bond donors (Lipinski definition) is 0. The van der Waals surface area contributed by atoms with E-state index in [1.807, 2.05) is 36.4 Å². The fourth-order valence-corrected chi connectivity index (χ4v) is 2.13. The van der Waals surface area contributed by atoms with Gasteiger partial charge in [0.15, 0.2) is 0 Å². The zero-order chi connectivity index (χ0) is 11.1. The number of hydrogen-bond acceptors (Lipinski definition) is 1. The lowest BCUT2D eigenvalue weighted by molar-refractivity contribution is 1.06. The molecule has 1 heteroatoms. The average molecular weight is 196 g/mol. The van der Waals surface area contributed by atoms with Crippen molar-refractivity contribution in [3.05, 3.63) is 59.7 Å². The zero-order valence-electron chi connectivity index (χ0n) is 9.64. The first kappa shape index (κ1) is 7.52. The molecule has 0 atom stereocenters. The molecule has 0 unspecified atom stereocenters. The SMILES string of the molecule is [2H]C1c2ccccc2N(C)c2ccccc21. The molecule has 0 saturated heterocycles. The van der Waals surface area contributed by atoms with Gasteiger partial charge in [0.1, 0.15) is 0 Å². The number of para-hydroxylation sites is 2. The number of rotatable bonds is 0. The van der Waals surface area contributed by atoms with E-state index in [4.69, 9.17) is 1.37 Å². The summed E-state index contributed by atoms with van der Waals surface area (Å²) in [5, 5.41) is 0. The Labute approximate surface area is 91.4 Å². The van der Waals surface area contributed by atoms with Gasteiger partial charge < -0.3 is 4.90 Å². The van der Waals surface area contributed by atoms with Crippen molar-refractivity contribution in [2.45, 2.75) is 6.40 Å². The molecule has 0 radical (unpaired) electrons. The highest BCUT2D eigenvalue weighted by atomic mass is 15.1. The molecule has 0 fully saturated rings. The summed E-state index contributed by atoms with van der Waals surface area (Å²) in [5.41, 5.74) is 4.45. The van der Waals surface area contributed by atoms with Gasteiger partial charge in [0, 0.05) is 26.2 Å². The van der Waals surface area contributed by atoms with Gasteiger partial charge in [-0.1, -0.05) is 36.4 Å². The van der Waals surface area contributed by atoms with Gasteiger partial charge in [-0.15, -0.1) is 0 Å². The van der Waals surface area contributed by atoms with Gasteiger partial charge in [0.25, 0.3) is 0 Å². The molecule has 74 valence electrons. The molecule has 2 aromatic rings. The van der Waals surface area contributed by atoms with Crippen LogP contribution in [0.1, 0.15) is 12.5 Å². The smallest absolute Gasteiger partial charge is 0.0444 e. The van der Waals surface area contributed by atoms with E-state index in [1.165, 1.54) is 0 Å². The standard InChI is InChI=1S/C14H13N/c1-15-13-8-4-2-6-11(13)10-12-7-3-5-9-14(12)15/h2-9H,10H2,1H3/i10D. The lowest BCUT2D eigenvalue weighted by Crippen LogP contribution is -2.18. The van der Waals surface area contributed by atoms with E-state index < -0.39 is 0 Å². The quantitative estimate of drug-likeness (QED) is 0.624. The Morgan fingerprint density at radius 3 is 1.93 bits per heavy atom. The van der Waals surface area contributed by atoms with Crippen LogP contribution in [-0.4, -0.2) is 7.05 Å². The van der Waals surface area contributed by atoms with Crippen LogP contribution >= 0.6 is 0 Å².